The molecule has 5 heteroatoms. The van der Waals surface area contributed by atoms with Crippen LogP contribution in [0, 0.1) is 0 Å². The van der Waals surface area contributed by atoms with E-state index in [1.54, 1.807) is 18.3 Å². The van der Waals surface area contributed by atoms with Crippen molar-refractivity contribution in [3.63, 3.8) is 0 Å². The molecule has 0 saturated heterocycles. The van der Waals surface area contributed by atoms with Crippen LogP contribution in [-0.2, 0) is 6.54 Å². The molecular weight excluding hydrogens is 256 g/mol. The van der Waals surface area contributed by atoms with Crippen LogP contribution in [-0.4, -0.2) is 15.3 Å². The number of halogens is 1. The summed E-state index contributed by atoms with van der Waals surface area (Å²) in [5.74, 6) is 1.31. The van der Waals surface area contributed by atoms with Gasteiger partial charge in [0.15, 0.2) is 5.78 Å². The molecule has 0 amide bonds. The predicted octanol–water partition coefficient (Wildman–Crippen LogP) is 3.60. The number of carbonyl (C=O) groups excluding carboxylic acids is 1. The molecule has 2 heterocycles. The predicted molar refractivity (Wildman–Crippen MR) is 70.0 cm³/mol. The lowest BCUT2D eigenvalue weighted by Crippen LogP contribution is -2.12. The van der Waals surface area contributed by atoms with E-state index in [2.05, 4.69) is 18.8 Å². The Kier molecular flexibility index (Phi) is 3.64. The smallest absolute Gasteiger partial charge is 0.192 e. The first-order valence-corrected chi connectivity index (χ1v) is 6.57. The zero-order valence-corrected chi connectivity index (χ0v) is 11.3. The van der Waals surface area contributed by atoms with E-state index < -0.39 is 0 Å². The number of nitrogens with zero attached hydrogens (tertiary/aromatic N) is 2. The van der Waals surface area contributed by atoms with Crippen LogP contribution in [0.3, 0.4) is 0 Å². The summed E-state index contributed by atoms with van der Waals surface area (Å²) in [7, 11) is 0. The lowest BCUT2D eigenvalue weighted by atomic mass is 10.2. The Balaban J connectivity index is 2.16. The molecule has 90 valence electrons. The SMILES string of the molecule is CC(C)c1nccn1CC(=O)c1ccc(Cl)s1. The van der Waals surface area contributed by atoms with Gasteiger partial charge < -0.3 is 4.57 Å². The first kappa shape index (κ1) is 12.3. The van der Waals surface area contributed by atoms with Crippen molar-refractivity contribution in [1.29, 1.82) is 0 Å². The van der Waals surface area contributed by atoms with Crippen LogP contribution in [0.15, 0.2) is 24.5 Å². The molecule has 0 radical (unpaired) electrons. The maximum atomic E-state index is 12.0. The molecule has 0 saturated carbocycles. The monoisotopic (exact) mass is 268 g/mol. The second-order valence-electron chi connectivity index (χ2n) is 4.09. The molecule has 0 N–H and O–H groups in total. The molecule has 0 fully saturated rings. The number of ketones is 1. The van der Waals surface area contributed by atoms with Crippen molar-refractivity contribution in [3.8, 4) is 0 Å². The van der Waals surface area contributed by atoms with Gasteiger partial charge in [0.25, 0.3) is 0 Å². The first-order valence-electron chi connectivity index (χ1n) is 5.37. The molecule has 2 aromatic heterocycles. The summed E-state index contributed by atoms with van der Waals surface area (Å²) in [6.45, 7) is 4.45. The molecule has 2 rings (SSSR count). The molecule has 17 heavy (non-hydrogen) atoms. The van der Waals surface area contributed by atoms with Gasteiger partial charge in [-0.3, -0.25) is 4.79 Å². The number of carbonyl (C=O) groups is 1. The third-order valence-electron chi connectivity index (χ3n) is 2.43. The van der Waals surface area contributed by atoms with E-state index in [0.717, 1.165) is 5.82 Å². The van der Waals surface area contributed by atoms with Crippen molar-refractivity contribution in [2.45, 2.75) is 26.3 Å². The average Bonchev–Trinajstić information content (AvgIpc) is 2.86. The highest BCUT2D eigenvalue weighted by molar-refractivity contribution is 7.18. The van der Waals surface area contributed by atoms with E-state index in [-0.39, 0.29) is 5.78 Å². The maximum absolute atomic E-state index is 12.0. The number of hydrogen-bond acceptors (Lipinski definition) is 3. The summed E-state index contributed by atoms with van der Waals surface area (Å²) in [6, 6.07) is 3.51. The van der Waals surface area contributed by atoms with Gasteiger partial charge in [0, 0.05) is 18.3 Å². The van der Waals surface area contributed by atoms with Crippen LogP contribution < -0.4 is 0 Å². The van der Waals surface area contributed by atoms with Crippen molar-refractivity contribution in [2.24, 2.45) is 0 Å². The maximum Gasteiger partial charge on any atom is 0.192 e. The van der Waals surface area contributed by atoms with Gasteiger partial charge in [-0.05, 0) is 12.1 Å². The van der Waals surface area contributed by atoms with Crippen molar-refractivity contribution in [2.75, 3.05) is 0 Å². The quantitative estimate of drug-likeness (QED) is 0.794. The third kappa shape index (κ3) is 2.76. The van der Waals surface area contributed by atoms with Gasteiger partial charge in [-0.25, -0.2) is 4.98 Å². The lowest BCUT2D eigenvalue weighted by Gasteiger charge is -2.08. The van der Waals surface area contributed by atoms with Crippen LogP contribution in [0.5, 0.6) is 0 Å². The second-order valence-corrected chi connectivity index (χ2v) is 5.81. The summed E-state index contributed by atoms with van der Waals surface area (Å²) in [6.07, 6.45) is 3.56. The molecule has 0 aliphatic rings. The molecule has 0 unspecified atom stereocenters. The number of Topliss-reactive ketones (excluding diaryl/α,β-unsaturated/α-hetero) is 1. The standard InChI is InChI=1S/C12H13ClN2OS/c1-8(2)12-14-5-6-15(12)7-9(16)10-3-4-11(13)17-10/h3-6,8H,7H2,1-2H3. The van der Waals surface area contributed by atoms with Gasteiger partial charge in [-0.1, -0.05) is 25.4 Å². The van der Waals surface area contributed by atoms with Gasteiger partial charge in [0.2, 0.25) is 0 Å². The fourth-order valence-corrected chi connectivity index (χ4v) is 2.62. The molecule has 0 aliphatic carbocycles. The minimum Gasteiger partial charge on any atom is -0.327 e. The van der Waals surface area contributed by atoms with Crippen LogP contribution in [0.4, 0.5) is 0 Å². The number of imidazole rings is 1. The van der Waals surface area contributed by atoms with E-state index in [1.165, 1.54) is 11.3 Å². The van der Waals surface area contributed by atoms with E-state index in [1.807, 2.05) is 10.8 Å². The van der Waals surface area contributed by atoms with Crippen LogP contribution in [0.25, 0.3) is 0 Å². The molecule has 3 nitrogen and oxygen atoms in total. The molecule has 0 aliphatic heterocycles. The normalized spacial score (nSPS) is 11.1. The summed E-state index contributed by atoms with van der Waals surface area (Å²) >= 11 is 7.13. The number of rotatable bonds is 4. The van der Waals surface area contributed by atoms with E-state index in [9.17, 15) is 4.79 Å². The minimum absolute atomic E-state index is 0.0711. The number of thiophene rings is 1. The van der Waals surface area contributed by atoms with Crippen molar-refractivity contribution in [3.05, 3.63) is 39.6 Å². The highest BCUT2D eigenvalue weighted by atomic mass is 35.5. The highest BCUT2D eigenvalue weighted by Gasteiger charge is 2.13. The fourth-order valence-electron chi connectivity index (χ4n) is 1.65. The van der Waals surface area contributed by atoms with Crippen molar-refractivity contribution < 1.29 is 4.79 Å². The molecular formula is C12H13ClN2OS. The number of hydrogen-bond donors (Lipinski definition) is 0. The van der Waals surface area contributed by atoms with E-state index >= 15 is 0 Å². The van der Waals surface area contributed by atoms with E-state index in [0.29, 0.717) is 21.7 Å². The third-order valence-corrected chi connectivity index (χ3v) is 3.70. The summed E-state index contributed by atoms with van der Waals surface area (Å²) in [4.78, 5) is 17.0. The summed E-state index contributed by atoms with van der Waals surface area (Å²) in [5.41, 5.74) is 0. The minimum atomic E-state index is 0.0711. The topological polar surface area (TPSA) is 34.9 Å². The first-order chi connectivity index (χ1) is 8.08. The zero-order valence-electron chi connectivity index (χ0n) is 9.68. The summed E-state index contributed by atoms with van der Waals surface area (Å²) in [5, 5.41) is 0. The van der Waals surface area contributed by atoms with Gasteiger partial charge in [0.1, 0.15) is 5.82 Å². The van der Waals surface area contributed by atoms with Crippen molar-refractivity contribution in [1.82, 2.24) is 9.55 Å². The Labute approximate surface area is 109 Å². The average molecular weight is 269 g/mol. The van der Waals surface area contributed by atoms with Gasteiger partial charge >= 0.3 is 0 Å². The van der Waals surface area contributed by atoms with Gasteiger partial charge in [-0.15, -0.1) is 11.3 Å². The second kappa shape index (κ2) is 5.02. The zero-order chi connectivity index (χ0) is 12.4. The molecule has 0 bridgehead atoms. The summed E-state index contributed by atoms with van der Waals surface area (Å²) < 4.78 is 2.53. The Morgan fingerprint density at radius 2 is 2.29 bits per heavy atom. The van der Waals surface area contributed by atoms with Crippen LogP contribution >= 0.6 is 22.9 Å². The Morgan fingerprint density at radius 3 is 2.88 bits per heavy atom. The lowest BCUT2D eigenvalue weighted by molar-refractivity contribution is 0.0974. The van der Waals surface area contributed by atoms with E-state index in [4.69, 9.17) is 11.6 Å². The Bertz CT molecular complexity index is 530. The van der Waals surface area contributed by atoms with Crippen molar-refractivity contribution >= 4 is 28.7 Å². The molecule has 0 atom stereocenters. The molecule has 0 aromatic carbocycles. The molecule has 2 aromatic rings. The Hall–Kier alpha value is -1.13. The van der Waals surface area contributed by atoms with Gasteiger partial charge in [-0.2, -0.15) is 0 Å². The number of aromatic nitrogens is 2. The molecule has 0 spiro atoms. The Morgan fingerprint density at radius 1 is 1.53 bits per heavy atom. The van der Waals surface area contributed by atoms with Crippen LogP contribution in [0.2, 0.25) is 4.34 Å². The largest absolute Gasteiger partial charge is 0.327 e. The fraction of sp³-hybridized carbons (Fsp3) is 0.333. The van der Waals surface area contributed by atoms with Crippen LogP contribution in [0.1, 0.15) is 35.3 Å². The van der Waals surface area contributed by atoms with Gasteiger partial charge in [0.05, 0.1) is 15.8 Å². The highest BCUT2D eigenvalue weighted by Crippen LogP contribution is 2.22.